The molecule has 1 unspecified atom stereocenters. The number of nitrogens with two attached hydrogens (primary N) is 1. The highest BCUT2D eigenvalue weighted by atomic mass is 32.2. The van der Waals surface area contributed by atoms with Gasteiger partial charge < -0.3 is 4.74 Å². The van der Waals surface area contributed by atoms with Crippen LogP contribution in [0.2, 0.25) is 0 Å². The molecule has 0 aromatic carbocycles. The number of hydrazine groups is 1. The highest BCUT2D eigenvalue weighted by Gasteiger charge is 2.13. The zero-order valence-corrected chi connectivity index (χ0v) is 11.3. The first-order chi connectivity index (χ1) is 8.46. The zero-order chi connectivity index (χ0) is 13.6. The lowest BCUT2D eigenvalue weighted by atomic mass is 10.1. The van der Waals surface area contributed by atoms with Crippen molar-refractivity contribution in [3.05, 3.63) is 18.1 Å². The van der Waals surface area contributed by atoms with Gasteiger partial charge in [-0.05, 0) is 12.8 Å². The third-order valence-electron chi connectivity index (χ3n) is 2.44. The van der Waals surface area contributed by atoms with E-state index < -0.39 is 9.84 Å². The quantitative estimate of drug-likeness (QED) is 0.524. The number of rotatable bonds is 7. The lowest BCUT2D eigenvalue weighted by Gasteiger charge is -2.15. The van der Waals surface area contributed by atoms with Crippen LogP contribution in [-0.2, 0) is 9.84 Å². The summed E-state index contributed by atoms with van der Waals surface area (Å²) < 4.78 is 27.1. The minimum Gasteiger partial charge on any atom is -0.481 e. The van der Waals surface area contributed by atoms with Crippen molar-refractivity contribution in [2.75, 3.05) is 19.1 Å². The molecule has 18 heavy (non-hydrogen) atoms. The molecule has 8 heteroatoms. The number of methoxy groups -OCH3 is 1. The van der Waals surface area contributed by atoms with E-state index in [0.717, 1.165) is 0 Å². The summed E-state index contributed by atoms with van der Waals surface area (Å²) in [6, 6.07) is 1.45. The van der Waals surface area contributed by atoms with Gasteiger partial charge in [0, 0.05) is 18.1 Å². The summed E-state index contributed by atoms with van der Waals surface area (Å²) >= 11 is 0. The second-order valence-electron chi connectivity index (χ2n) is 3.98. The van der Waals surface area contributed by atoms with Crippen LogP contribution in [0.25, 0.3) is 0 Å². The standard InChI is InChI=1S/C10H18N4O3S/c1-17-10-6-9(12-7-13-10)8(14-11)4-3-5-18(2,15)16/h6-8,14H,3-5,11H2,1-2H3. The Morgan fingerprint density at radius 3 is 2.78 bits per heavy atom. The van der Waals surface area contributed by atoms with Crippen molar-refractivity contribution in [1.82, 2.24) is 15.4 Å². The van der Waals surface area contributed by atoms with Crippen molar-refractivity contribution in [3.8, 4) is 5.88 Å². The number of sulfone groups is 1. The molecule has 0 amide bonds. The van der Waals surface area contributed by atoms with Crippen LogP contribution in [0.3, 0.4) is 0 Å². The minimum atomic E-state index is -2.95. The van der Waals surface area contributed by atoms with Gasteiger partial charge in [-0.2, -0.15) is 0 Å². The maximum Gasteiger partial charge on any atom is 0.216 e. The van der Waals surface area contributed by atoms with Crippen molar-refractivity contribution in [3.63, 3.8) is 0 Å². The van der Waals surface area contributed by atoms with E-state index in [1.54, 1.807) is 6.07 Å². The monoisotopic (exact) mass is 274 g/mol. The van der Waals surface area contributed by atoms with Crippen molar-refractivity contribution in [2.24, 2.45) is 5.84 Å². The van der Waals surface area contributed by atoms with Crippen LogP contribution in [0.15, 0.2) is 12.4 Å². The molecule has 1 aromatic rings. The van der Waals surface area contributed by atoms with Gasteiger partial charge in [-0.15, -0.1) is 0 Å². The number of nitrogens with zero attached hydrogens (tertiary/aromatic N) is 2. The van der Waals surface area contributed by atoms with E-state index >= 15 is 0 Å². The van der Waals surface area contributed by atoms with Gasteiger partial charge in [-0.1, -0.05) is 0 Å². The Hall–Kier alpha value is -1.25. The van der Waals surface area contributed by atoms with Crippen LogP contribution < -0.4 is 16.0 Å². The predicted molar refractivity (Wildman–Crippen MR) is 67.6 cm³/mol. The molecule has 0 bridgehead atoms. The predicted octanol–water partition coefficient (Wildman–Crippen LogP) is -0.186. The van der Waals surface area contributed by atoms with Crippen LogP contribution in [0.4, 0.5) is 0 Å². The van der Waals surface area contributed by atoms with Gasteiger partial charge in [0.1, 0.15) is 16.2 Å². The Kier molecular flexibility index (Phi) is 5.45. The summed E-state index contributed by atoms with van der Waals surface area (Å²) in [7, 11) is -1.43. The minimum absolute atomic E-state index is 0.132. The summed E-state index contributed by atoms with van der Waals surface area (Å²) in [5.41, 5.74) is 3.29. The molecule has 1 rings (SSSR count). The topological polar surface area (TPSA) is 107 Å². The molecular weight excluding hydrogens is 256 g/mol. The van der Waals surface area contributed by atoms with Crippen LogP contribution in [-0.4, -0.2) is 37.5 Å². The largest absolute Gasteiger partial charge is 0.481 e. The first-order valence-corrected chi connectivity index (χ1v) is 7.52. The summed E-state index contributed by atoms with van der Waals surface area (Å²) in [6.07, 6.45) is 3.68. The van der Waals surface area contributed by atoms with Crippen LogP contribution >= 0.6 is 0 Å². The molecular formula is C10H18N4O3S. The van der Waals surface area contributed by atoms with E-state index in [9.17, 15) is 8.42 Å². The molecule has 3 N–H and O–H groups in total. The van der Waals surface area contributed by atoms with Crippen molar-refractivity contribution >= 4 is 9.84 Å². The lowest BCUT2D eigenvalue weighted by Crippen LogP contribution is -2.29. The third-order valence-corrected chi connectivity index (χ3v) is 3.47. The Morgan fingerprint density at radius 2 is 2.22 bits per heavy atom. The molecule has 1 heterocycles. The second-order valence-corrected chi connectivity index (χ2v) is 6.24. The van der Waals surface area contributed by atoms with E-state index in [0.29, 0.717) is 24.4 Å². The first-order valence-electron chi connectivity index (χ1n) is 5.46. The Balaban J connectivity index is 2.65. The van der Waals surface area contributed by atoms with Gasteiger partial charge >= 0.3 is 0 Å². The average Bonchev–Trinajstić information content (AvgIpc) is 2.33. The van der Waals surface area contributed by atoms with E-state index in [1.165, 1.54) is 19.7 Å². The summed E-state index contributed by atoms with van der Waals surface area (Å²) in [5, 5.41) is 0. The number of hydrogen-bond donors (Lipinski definition) is 2. The fraction of sp³-hybridized carbons (Fsp3) is 0.600. The highest BCUT2D eigenvalue weighted by Crippen LogP contribution is 2.18. The summed E-state index contributed by atoms with van der Waals surface area (Å²) in [6.45, 7) is 0. The lowest BCUT2D eigenvalue weighted by molar-refractivity contribution is 0.393. The molecule has 0 aliphatic heterocycles. The van der Waals surface area contributed by atoms with Crippen LogP contribution in [0, 0.1) is 0 Å². The number of nitrogens with one attached hydrogen (secondary N) is 1. The maximum absolute atomic E-state index is 11.0. The van der Waals surface area contributed by atoms with Crippen LogP contribution in [0.1, 0.15) is 24.6 Å². The fourth-order valence-electron chi connectivity index (χ4n) is 1.52. The maximum atomic E-state index is 11.0. The van der Waals surface area contributed by atoms with Gasteiger partial charge in [0.15, 0.2) is 0 Å². The van der Waals surface area contributed by atoms with Crippen molar-refractivity contribution < 1.29 is 13.2 Å². The van der Waals surface area contributed by atoms with E-state index in [4.69, 9.17) is 10.6 Å². The van der Waals surface area contributed by atoms with E-state index in [1.807, 2.05) is 0 Å². The normalized spacial score (nSPS) is 13.3. The number of aromatic nitrogens is 2. The van der Waals surface area contributed by atoms with Gasteiger partial charge in [-0.25, -0.2) is 18.4 Å². The summed E-state index contributed by atoms with van der Waals surface area (Å²) in [4.78, 5) is 7.99. The Labute approximate surface area is 107 Å². The Bertz CT molecular complexity index is 478. The van der Waals surface area contributed by atoms with Gasteiger partial charge in [0.05, 0.1) is 18.8 Å². The van der Waals surface area contributed by atoms with Gasteiger partial charge in [-0.3, -0.25) is 11.3 Å². The molecule has 1 aromatic heterocycles. The molecule has 102 valence electrons. The molecule has 0 saturated carbocycles. The molecule has 0 spiro atoms. The second kappa shape index (κ2) is 6.62. The zero-order valence-electron chi connectivity index (χ0n) is 10.5. The smallest absolute Gasteiger partial charge is 0.216 e. The van der Waals surface area contributed by atoms with Gasteiger partial charge in [0.25, 0.3) is 0 Å². The fourth-order valence-corrected chi connectivity index (χ4v) is 2.21. The molecule has 7 nitrogen and oxygen atoms in total. The number of ether oxygens (including phenoxy) is 1. The summed E-state index contributed by atoms with van der Waals surface area (Å²) in [5.74, 6) is 6.03. The first kappa shape index (κ1) is 14.8. The molecule has 0 fully saturated rings. The molecule has 1 atom stereocenters. The van der Waals surface area contributed by atoms with Crippen molar-refractivity contribution in [1.29, 1.82) is 0 Å². The average molecular weight is 274 g/mol. The molecule has 0 aliphatic rings. The molecule has 0 aliphatic carbocycles. The molecule has 0 radical (unpaired) electrons. The van der Waals surface area contributed by atoms with Crippen LogP contribution in [0.5, 0.6) is 5.88 Å². The van der Waals surface area contributed by atoms with Gasteiger partial charge in [0.2, 0.25) is 5.88 Å². The van der Waals surface area contributed by atoms with Crippen molar-refractivity contribution in [2.45, 2.75) is 18.9 Å². The third kappa shape index (κ3) is 4.94. The van der Waals surface area contributed by atoms with E-state index in [2.05, 4.69) is 15.4 Å². The molecule has 0 saturated heterocycles. The van der Waals surface area contributed by atoms with E-state index in [-0.39, 0.29) is 11.8 Å². The Morgan fingerprint density at radius 1 is 1.50 bits per heavy atom. The SMILES string of the molecule is COc1cc(C(CCCS(C)(=O)=O)NN)ncn1. The highest BCUT2D eigenvalue weighted by molar-refractivity contribution is 7.90. The number of hydrogen-bond acceptors (Lipinski definition) is 7.